The summed E-state index contributed by atoms with van der Waals surface area (Å²) in [7, 11) is -4.02. The molecular formula is C29H27N3O5S. The molecule has 38 heavy (non-hydrogen) atoms. The molecule has 2 heterocycles. The molecular weight excluding hydrogens is 502 g/mol. The van der Waals surface area contributed by atoms with E-state index >= 15 is 0 Å². The number of aromatic nitrogens is 3. The first-order valence-corrected chi connectivity index (χ1v) is 13.9. The number of benzene rings is 3. The van der Waals surface area contributed by atoms with Crippen LogP contribution in [-0.2, 0) is 23.0 Å². The molecule has 194 valence electrons. The summed E-state index contributed by atoms with van der Waals surface area (Å²) in [6.45, 7) is 0.144. The summed E-state index contributed by atoms with van der Waals surface area (Å²) in [6, 6.07) is 27.2. The lowest BCUT2D eigenvalue weighted by Crippen LogP contribution is -2.17. The molecule has 3 aromatic rings. The van der Waals surface area contributed by atoms with Crippen LogP contribution in [0, 0.1) is 0 Å². The van der Waals surface area contributed by atoms with Crippen LogP contribution in [0.3, 0.4) is 0 Å². The van der Waals surface area contributed by atoms with Crippen LogP contribution in [0.25, 0.3) is 17.1 Å². The summed E-state index contributed by atoms with van der Waals surface area (Å²) >= 11 is 0. The van der Waals surface area contributed by atoms with Gasteiger partial charge in [-0.2, -0.15) is 8.42 Å². The molecule has 0 aliphatic carbocycles. The van der Waals surface area contributed by atoms with Gasteiger partial charge in [-0.1, -0.05) is 72.8 Å². The van der Waals surface area contributed by atoms with Crippen molar-refractivity contribution in [2.75, 3.05) is 12.4 Å². The van der Waals surface area contributed by atoms with Gasteiger partial charge in [0.05, 0.1) is 23.7 Å². The largest absolute Gasteiger partial charge is 0.494 e. The molecule has 8 nitrogen and oxygen atoms in total. The predicted octanol–water partition coefficient (Wildman–Crippen LogP) is 4.50. The molecule has 0 unspecified atom stereocenters. The average molecular weight is 530 g/mol. The summed E-state index contributed by atoms with van der Waals surface area (Å²) in [6.07, 6.45) is 2.87. The summed E-state index contributed by atoms with van der Waals surface area (Å²) in [5.74, 6) is 0.783. The quantitative estimate of drug-likeness (QED) is 0.203. The van der Waals surface area contributed by atoms with E-state index in [0.717, 1.165) is 28.1 Å². The van der Waals surface area contributed by atoms with Gasteiger partial charge in [-0.15, -0.1) is 0 Å². The number of nitrogens with zero attached hydrogens (tertiary/aromatic N) is 2. The highest BCUT2D eigenvalue weighted by molar-refractivity contribution is 7.85. The second-order valence-electron chi connectivity index (χ2n) is 9.04. The molecule has 0 aromatic heterocycles. The third kappa shape index (κ3) is 6.19. The number of rotatable bonds is 10. The molecule has 0 fully saturated rings. The predicted molar refractivity (Wildman–Crippen MR) is 146 cm³/mol. The minimum atomic E-state index is -4.02. The Bertz CT molecular complexity index is 1660. The number of hydrogen-bond donors (Lipinski definition) is 2. The van der Waals surface area contributed by atoms with E-state index < -0.39 is 10.1 Å². The van der Waals surface area contributed by atoms with Crippen molar-refractivity contribution in [2.45, 2.75) is 19.3 Å². The van der Waals surface area contributed by atoms with Crippen molar-refractivity contribution in [3.63, 3.8) is 0 Å². The third-order valence-electron chi connectivity index (χ3n) is 6.14. The summed E-state index contributed by atoms with van der Waals surface area (Å²) in [4.78, 5) is 21.7. The zero-order valence-electron chi connectivity index (χ0n) is 20.6. The lowest BCUT2D eigenvalue weighted by atomic mass is 10.1. The maximum Gasteiger partial charge on any atom is 0.278 e. The van der Waals surface area contributed by atoms with E-state index in [9.17, 15) is 13.2 Å². The van der Waals surface area contributed by atoms with Crippen molar-refractivity contribution in [1.29, 1.82) is 0 Å². The summed E-state index contributed by atoms with van der Waals surface area (Å²) in [5, 5.41) is 0. The van der Waals surface area contributed by atoms with Gasteiger partial charge in [0.25, 0.3) is 15.7 Å². The lowest BCUT2D eigenvalue weighted by molar-refractivity contribution is 0.316. The molecule has 3 aromatic carbocycles. The van der Waals surface area contributed by atoms with Crippen molar-refractivity contribution in [3.05, 3.63) is 124 Å². The van der Waals surface area contributed by atoms with Gasteiger partial charge < -0.3 is 9.72 Å². The van der Waals surface area contributed by atoms with Crippen molar-refractivity contribution in [1.82, 2.24) is 14.5 Å². The topological polar surface area (TPSA) is 114 Å². The first kappa shape index (κ1) is 25.4. The average Bonchev–Trinajstić information content (AvgIpc) is 3.23. The third-order valence-corrected chi connectivity index (χ3v) is 6.95. The van der Waals surface area contributed by atoms with Crippen molar-refractivity contribution < 1.29 is 17.7 Å². The smallest absolute Gasteiger partial charge is 0.278 e. The zero-order valence-corrected chi connectivity index (χ0v) is 21.4. The molecule has 9 heteroatoms. The zero-order chi connectivity index (χ0) is 26.5. The number of fused-ring (bicyclic) bond motifs is 1. The molecule has 0 radical (unpaired) electrons. The van der Waals surface area contributed by atoms with Crippen LogP contribution in [0.4, 0.5) is 0 Å². The molecule has 0 saturated carbocycles. The van der Waals surface area contributed by atoms with Crippen LogP contribution in [0.1, 0.15) is 28.9 Å². The number of ether oxygens (including phenoxy) is 1. The molecule has 0 bridgehead atoms. The molecule has 0 atom stereocenters. The molecule has 2 N–H and O–H groups in total. The van der Waals surface area contributed by atoms with E-state index in [1.165, 1.54) is 0 Å². The Morgan fingerprint density at radius 1 is 0.895 bits per heavy atom. The van der Waals surface area contributed by atoms with Crippen LogP contribution in [0.15, 0.2) is 95.9 Å². The fourth-order valence-corrected chi connectivity index (χ4v) is 4.83. The molecule has 0 spiro atoms. The first-order valence-electron chi connectivity index (χ1n) is 12.2. The number of aromatic amines is 1. The normalized spacial score (nSPS) is 11.6. The van der Waals surface area contributed by atoms with Gasteiger partial charge in [0.2, 0.25) is 0 Å². The Hall–Kier alpha value is -4.21. The van der Waals surface area contributed by atoms with Crippen LogP contribution < -0.4 is 10.3 Å². The standard InChI is InChI=1S/C29H27N3O5S/c33-29-26(19-22-11-7-14-24(17-22)37-15-8-16-38(34,35)36)31-28-25(18-21-9-3-1-4-10-21)30-27(20-32(28)29)23-12-5-2-6-13-23/h1-7,9-14,17,20,30H,8,15-16,18-19H2,(H,34,35,36). The van der Waals surface area contributed by atoms with Gasteiger partial charge in [0.1, 0.15) is 11.4 Å². The Kier molecular flexibility index (Phi) is 7.39. The van der Waals surface area contributed by atoms with E-state index in [0.29, 0.717) is 30.1 Å². The van der Waals surface area contributed by atoms with Gasteiger partial charge in [0.15, 0.2) is 5.82 Å². The van der Waals surface area contributed by atoms with E-state index in [-0.39, 0.29) is 24.3 Å². The van der Waals surface area contributed by atoms with Gasteiger partial charge >= 0.3 is 0 Å². The maximum absolute atomic E-state index is 13.5. The number of hydrogen-bond acceptors (Lipinski definition) is 5. The number of nitrogens with one attached hydrogen (secondary N) is 1. The Morgan fingerprint density at radius 3 is 2.34 bits per heavy atom. The van der Waals surface area contributed by atoms with Gasteiger partial charge in [-0.3, -0.25) is 13.9 Å². The second kappa shape index (κ2) is 11.0. The van der Waals surface area contributed by atoms with Crippen molar-refractivity contribution in [3.8, 4) is 22.8 Å². The van der Waals surface area contributed by atoms with Crippen LogP contribution in [-0.4, -0.2) is 39.9 Å². The Balaban J connectivity index is 1.45. The molecule has 0 amide bonds. The fourth-order valence-electron chi connectivity index (χ4n) is 4.35. The van der Waals surface area contributed by atoms with E-state index in [4.69, 9.17) is 14.3 Å². The van der Waals surface area contributed by atoms with Gasteiger partial charge in [-0.25, -0.2) is 4.98 Å². The molecule has 2 aliphatic rings. The van der Waals surface area contributed by atoms with E-state index in [1.807, 2.05) is 78.9 Å². The summed E-state index contributed by atoms with van der Waals surface area (Å²) < 4.78 is 37.9. The highest BCUT2D eigenvalue weighted by atomic mass is 32.2. The number of imidazole rings is 1. The molecule has 2 aliphatic heterocycles. The van der Waals surface area contributed by atoms with Crippen LogP contribution >= 0.6 is 0 Å². The van der Waals surface area contributed by atoms with Gasteiger partial charge in [0, 0.05) is 19.0 Å². The minimum Gasteiger partial charge on any atom is -0.494 e. The molecule has 5 rings (SSSR count). The van der Waals surface area contributed by atoms with Crippen LogP contribution in [0.2, 0.25) is 0 Å². The monoisotopic (exact) mass is 529 g/mol. The van der Waals surface area contributed by atoms with Crippen molar-refractivity contribution in [2.24, 2.45) is 0 Å². The highest BCUT2D eigenvalue weighted by Crippen LogP contribution is 2.24. The SMILES string of the molecule is O=c1c(Cc2cccc(OCCCS(=O)(=O)O)c2)nc2c(Cc3ccccc3)[nH]c(-c3ccccc3)cn1-2. The first-order chi connectivity index (χ1) is 18.4. The van der Waals surface area contributed by atoms with Crippen molar-refractivity contribution >= 4 is 10.1 Å². The second-order valence-corrected chi connectivity index (χ2v) is 10.6. The Morgan fingerprint density at radius 2 is 1.61 bits per heavy atom. The number of H-pyrrole nitrogens is 1. The lowest BCUT2D eigenvalue weighted by Gasteiger charge is -2.13. The van der Waals surface area contributed by atoms with Gasteiger partial charge in [-0.05, 0) is 35.2 Å². The highest BCUT2D eigenvalue weighted by Gasteiger charge is 2.20. The fraction of sp³-hybridized carbons (Fsp3) is 0.172. The molecule has 0 saturated heterocycles. The summed E-state index contributed by atoms with van der Waals surface area (Å²) in [5.41, 5.74) is 4.82. The Labute approximate surface area is 220 Å². The maximum atomic E-state index is 13.5. The van der Waals surface area contributed by atoms with E-state index in [1.54, 1.807) is 16.8 Å². The van der Waals surface area contributed by atoms with E-state index in [2.05, 4.69) is 4.98 Å². The minimum absolute atomic E-state index is 0.144. The van der Waals surface area contributed by atoms with Crippen LogP contribution in [0.5, 0.6) is 5.75 Å².